The molecule has 3 aromatic rings. The second kappa shape index (κ2) is 8.65. The van der Waals surface area contributed by atoms with Gasteiger partial charge in [-0.1, -0.05) is 30.3 Å². The van der Waals surface area contributed by atoms with Crippen LogP contribution < -0.4 is 10.9 Å². The topological polar surface area (TPSA) is 92.7 Å². The molecule has 0 saturated heterocycles. The molecule has 156 valence electrons. The lowest BCUT2D eigenvalue weighted by molar-refractivity contribution is -0.122. The number of nitrogens with zero attached hydrogens (tertiary/aromatic N) is 3. The van der Waals surface area contributed by atoms with Crippen LogP contribution >= 0.6 is 0 Å². The number of nitrogens with one attached hydrogen (secondary N) is 2. The van der Waals surface area contributed by atoms with Crippen molar-refractivity contribution in [1.29, 1.82) is 0 Å². The molecule has 30 heavy (non-hydrogen) atoms. The molecule has 0 saturated carbocycles. The Bertz CT molecular complexity index is 1100. The summed E-state index contributed by atoms with van der Waals surface area (Å²) in [5.41, 5.74) is 4.42. The summed E-state index contributed by atoms with van der Waals surface area (Å²) in [4.78, 5) is 32.7. The number of benzene rings is 1. The Labute approximate surface area is 175 Å². The molecule has 2 N–H and O–H groups in total. The zero-order chi connectivity index (χ0) is 21.1. The number of aromatic amines is 1. The maximum Gasteiger partial charge on any atom is 0.254 e. The van der Waals surface area contributed by atoms with E-state index < -0.39 is 0 Å². The van der Waals surface area contributed by atoms with E-state index in [-0.39, 0.29) is 18.0 Å². The number of hydrogen-bond acceptors (Lipinski definition) is 4. The molecular formula is C23H27N5O2. The standard InChI is InChI=1S/C23H27N5O2/c1-15-12-16(2)28(27-15)14-21(29)24-13-17-8-10-19-20(11-9-17)25-22(26-23(19)30)18-6-4-3-5-7-18/h3-7,12,17H,8-11,13-14H2,1-2H3,(H,24,29)(H,25,26,30). The fourth-order valence-electron chi connectivity index (χ4n) is 4.06. The third kappa shape index (κ3) is 4.50. The van der Waals surface area contributed by atoms with E-state index in [1.807, 2.05) is 50.2 Å². The summed E-state index contributed by atoms with van der Waals surface area (Å²) in [5, 5.41) is 7.38. The first-order chi connectivity index (χ1) is 14.5. The van der Waals surface area contributed by atoms with Gasteiger partial charge in [-0.05, 0) is 51.5 Å². The maximum atomic E-state index is 12.6. The summed E-state index contributed by atoms with van der Waals surface area (Å²) in [6.07, 6.45) is 3.20. The highest BCUT2D eigenvalue weighted by Crippen LogP contribution is 2.23. The number of H-pyrrole nitrogens is 1. The van der Waals surface area contributed by atoms with Crippen LogP contribution in [0.25, 0.3) is 11.4 Å². The molecule has 7 nitrogen and oxygen atoms in total. The molecule has 1 unspecified atom stereocenters. The molecule has 0 radical (unpaired) electrons. The third-order valence-electron chi connectivity index (χ3n) is 5.72. The number of fused-ring (bicyclic) bond motifs is 1. The van der Waals surface area contributed by atoms with Gasteiger partial charge in [0.1, 0.15) is 12.4 Å². The highest BCUT2D eigenvalue weighted by molar-refractivity contribution is 5.75. The van der Waals surface area contributed by atoms with Gasteiger partial charge in [0.25, 0.3) is 5.56 Å². The van der Waals surface area contributed by atoms with Crippen molar-refractivity contribution in [3.8, 4) is 11.4 Å². The minimum Gasteiger partial charge on any atom is -0.354 e. The normalized spacial score (nSPS) is 16.0. The molecule has 4 rings (SSSR count). The van der Waals surface area contributed by atoms with Crippen molar-refractivity contribution >= 4 is 5.91 Å². The summed E-state index contributed by atoms with van der Waals surface area (Å²) in [5.74, 6) is 0.907. The Balaban J connectivity index is 1.38. The average Bonchev–Trinajstić information content (AvgIpc) is 2.92. The van der Waals surface area contributed by atoms with E-state index >= 15 is 0 Å². The first-order valence-corrected chi connectivity index (χ1v) is 10.4. The maximum absolute atomic E-state index is 12.6. The number of hydrogen-bond donors (Lipinski definition) is 2. The number of carbonyl (C=O) groups is 1. The number of aryl methyl sites for hydroxylation is 3. The van der Waals surface area contributed by atoms with Crippen LogP contribution in [-0.4, -0.2) is 32.2 Å². The molecule has 0 bridgehead atoms. The fraction of sp³-hybridized carbons (Fsp3) is 0.391. The van der Waals surface area contributed by atoms with E-state index in [4.69, 9.17) is 4.98 Å². The van der Waals surface area contributed by atoms with Gasteiger partial charge in [-0.2, -0.15) is 5.10 Å². The molecule has 2 aromatic heterocycles. The lowest BCUT2D eigenvalue weighted by atomic mass is 10.00. The van der Waals surface area contributed by atoms with Crippen LogP contribution in [0.3, 0.4) is 0 Å². The van der Waals surface area contributed by atoms with Gasteiger partial charge in [-0.3, -0.25) is 14.3 Å². The van der Waals surface area contributed by atoms with Crippen LogP contribution in [0.4, 0.5) is 0 Å². The minimum absolute atomic E-state index is 0.0368. The average molecular weight is 406 g/mol. The van der Waals surface area contributed by atoms with Crippen LogP contribution in [0.1, 0.15) is 35.5 Å². The lowest BCUT2D eigenvalue weighted by Crippen LogP contribution is -2.32. The van der Waals surface area contributed by atoms with Crippen LogP contribution in [0.5, 0.6) is 0 Å². The van der Waals surface area contributed by atoms with Gasteiger partial charge in [0, 0.05) is 23.4 Å². The van der Waals surface area contributed by atoms with Crippen molar-refractivity contribution in [2.45, 2.75) is 46.1 Å². The molecular weight excluding hydrogens is 378 g/mol. The quantitative estimate of drug-likeness (QED) is 0.638. The predicted molar refractivity (Wildman–Crippen MR) is 115 cm³/mol. The number of rotatable bonds is 5. The highest BCUT2D eigenvalue weighted by Gasteiger charge is 2.21. The molecule has 1 amide bonds. The molecule has 1 aliphatic carbocycles. The monoisotopic (exact) mass is 405 g/mol. The minimum atomic E-state index is -0.0481. The van der Waals surface area contributed by atoms with Crippen LogP contribution in [0.2, 0.25) is 0 Å². The number of amides is 1. The van der Waals surface area contributed by atoms with Crippen molar-refractivity contribution in [2.24, 2.45) is 5.92 Å². The molecule has 1 atom stereocenters. The van der Waals surface area contributed by atoms with Crippen molar-refractivity contribution in [2.75, 3.05) is 6.54 Å². The van der Waals surface area contributed by atoms with Crippen LogP contribution in [0.15, 0.2) is 41.2 Å². The first-order valence-electron chi connectivity index (χ1n) is 10.4. The second-order valence-corrected chi connectivity index (χ2v) is 8.04. The van der Waals surface area contributed by atoms with E-state index in [0.29, 0.717) is 24.7 Å². The van der Waals surface area contributed by atoms with E-state index in [9.17, 15) is 9.59 Å². The molecule has 0 fully saturated rings. The van der Waals surface area contributed by atoms with Crippen molar-refractivity contribution in [3.05, 3.63) is 69.4 Å². The lowest BCUT2D eigenvalue weighted by Gasteiger charge is -2.15. The molecule has 0 aliphatic heterocycles. The zero-order valence-electron chi connectivity index (χ0n) is 17.4. The summed E-state index contributed by atoms with van der Waals surface area (Å²) in [7, 11) is 0. The van der Waals surface area contributed by atoms with Gasteiger partial charge >= 0.3 is 0 Å². The predicted octanol–water partition coefficient (Wildman–Crippen LogP) is 2.56. The van der Waals surface area contributed by atoms with Crippen molar-refractivity contribution < 1.29 is 4.79 Å². The van der Waals surface area contributed by atoms with Crippen LogP contribution in [0, 0.1) is 19.8 Å². The first kappa shape index (κ1) is 20.1. The highest BCUT2D eigenvalue weighted by atomic mass is 16.2. The smallest absolute Gasteiger partial charge is 0.254 e. The summed E-state index contributed by atoms with van der Waals surface area (Å²) in [6, 6.07) is 11.7. The Kier molecular flexibility index (Phi) is 5.79. The third-order valence-corrected chi connectivity index (χ3v) is 5.72. The fourth-order valence-corrected chi connectivity index (χ4v) is 4.06. The van der Waals surface area contributed by atoms with Crippen molar-refractivity contribution in [3.63, 3.8) is 0 Å². The summed E-state index contributed by atoms with van der Waals surface area (Å²) >= 11 is 0. The van der Waals surface area contributed by atoms with Gasteiger partial charge in [0.05, 0.1) is 11.4 Å². The number of aromatic nitrogens is 4. The van der Waals surface area contributed by atoms with Crippen LogP contribution in [-0.2, 0) is 24.2 Å². The molecule has 0 spiro atoms. The summed E-state index contributed by atoms with van der Waals surface area (Å²) in [6.45, 7) is 4.71. The Morgan fingerprint density at radius 2 is 1.97 bits per heavy atom. The van der Waals surface area contributed by atoms with Gasteiger partial charge < -0.3 is 10.3 Å². The molecule has 7 heteroatoms. The second-order valence-electron chi connectivity index (χ2n) is 8.04. The Hall–Kier alpha value is -3.22. The zero-order valence-corrected chi connectivity index (χ0v) is 17.4. The number of carbonyl (C=O) groups excluding carboxylic acids is 1. The van der Waals surface area contributed by atoms with Gasteiger partial charge in [0.15, 0.2) is 0 Å². The molecule has 1 aromatic carbocycles. The molecule has 2 heterocycles. The van der Waals surface area contributed by atoms with E-state index in [1.165, 1.54) is 0 Å². The van der Waals surface area contributed by atoms with E-state index in [2.05, 4.69) is 15.4 Å². The van der Waals surface area contributed by atoms with Gasteiger partial charge in [0.2, 0.25) is 5.91 Å². The SMILES string of the molecule is Cc1cc(C)n(CC(=O)NCC2CCc3nc(-c4ccccc4)[nH]c(=O)c3CC2)n1. The van der Waals surface area contributed by atoms with E-state index in [0.717, 1.165) is 47.5 Å². The van der Waals surface area contributed by atoms with Gasteiger partial charge in [-0.25, -0.2) is 4.98 Å². The van der Waals surface area contributed by atoms with Crippen molar-refractivity contribution in [1.82, 2.24) is 25.1 Å². The largest absolute Gasteiger partial charge is 0.354 e. The summed E-state index contributed by atoms with van der Waals surface area (Å²) < 4.78 is 1.72. The van der Waals surface area contributed by atoms with Gasteiger partial charge in [-0.15, -0.1) is 0 Å². The Morgan fingerprint density at radius 3 is 2.70 bits per heavy atom. The Morgan fingerprint density at radius 1 is 1.20 bits per heavy atom. The van der Waals surface area contributed by atoms with E-state index in [1.54, 1.807) is 4.68 Å². The molecule has 1 aliphatic rings.